The number of hydrogen-bond acceptors (Lipinski definition) is 3. The van der Waals surface area contributed by atoms with Crippen LogP contribution in [0.2, 0.25) is 0 Å². The van der Waals surface area contributed by atoms with Crippen molar-refractivity contribution in [3.8, 4) is 0 Å². The summed E-state index contributed by atoms with van der Waals surface area (Å²) in [5, 5.41) is 4.52. The first-order valence-electron chi connectivity index (χ1n) is 5.43. The Morgan fingerprint density at radius 2 is 2.00 bits per heavy atom. The molecule has 0 saturated heterocycles. The van der Waals surface area contributed by atoms with Gasteiger partial charge in [0.05, 0.1) is 22.6 Å². The van der Waals surface area contributed by atoms with E-state index in [4.69, 9.17) is 0 Å². The SMILES string of the molecule is c1cc2c(cn1)=Nc1c3c(ccc1=2)=NCC3. The van der Waals surface area contributed by atoms with Gasteiger partial charge in [-0.2, -0.15) is 0 Å². The van der Waals surface area contributed by atoms with Crippen LogP contribution in [0, 0.1) is 10.4 Å². The second-order valence-corrected chi connectivity index (χ2v) is 4.10. The molecule has 0 spiro atoms. The van der Waals surface area contributed by atoms with Gasteiger partial charge in [-0.3, -0.25) is 9.98 Å². The molecule has 1 aromatic heterocycles. The molecular weight excluding hydrogens is 198 g/mol. The highest BCUT2D eigenvalue weighted by atomic mass is 14.8. The van der Waals surface area contributed by atoms with Crippen LogP contribution < -0.4 is 10.7 Å². The van der Waals surface area contributed by atoms with Gasteiger partial charge >= 0.3 is 0 Å². The van der Waals surface area contributed by atoms with Gasteiger partial charge < -0.3 is 0 Å². The summed E-state index contributed by atoms with van der Waals surface area (Å²) in [6, 6.07) is 6.26. The molecule has 3 heterocycles. The van der Waals surface area contributed by atoms with Gasteiger partial charge in [-0.1, -0.05) is 0 Å². The summed E-state index contributed by atoms with van der Waals surface area (Å²) in [6.45, 7) is 0.899. The van der Waals surface area contributed by atoms with Gasteiger partial charge in [-0.25, -0.2) is 4.99 Å². The summed E-state index contributed by atoms with van der Waals surface area (Å²) in [7, 11) is 0. The van der Waals surface area contributed by atoms with E-state index in [1.54, 1.807) is 0 Å². The van der Waals surface area contributed by atoms with Crippen LogP contribution in [0.25, 0.3) is 0 Å². The van der Waals surface area contributed by atoms with Crippen LogP contribution in [0.1, 0.15) is 5.56 Å². The van der Waals surface area contributed by atoms with Crippen LogP contribution in [0.3, 0.4) is 0 Å². The molecule has 16 heavy (non-hydrogen) atoms. The lowest BCUT2D eigenvalue weighted by Crippen LogP contribution is -2.02. The minimum Gasteiger partial charge on any atom is -0.285 e. The fourth-order valence-corrected chi connectivity index (χ4v) is 2.48. The number of nitrogens with zero attached hydrogens (tertiary/aromatic N) is 3. The minimum absolute atomic E-state index is 0.899. The number of hydrogen-bond donors (Lipinski definition) is 0. The normalized spacial score (nSPS) is 14.8. The Labute approximate surface area is 91.5 Å². The maximum Gasteiger partial charge on any atom is 0.0899 e. The fraction of sp³-hybridized carbons (Fsp3) is 0.154. The lowest BCUT2D eigenvalue weighted by atomic mass is 10.1. The summed E-state index contributed by atoms with van der Waals surface area (Å²) in [6.07, 6.45) is 4.66. The van der Waals surface area contributed by atoms with E-state index in [1.807, 2.05) is 18.5 Å². The third-order valence-electron chi connectivity index (χ3n) is 3.22. The van der Waals surface area contributed by atoms with Gasteiger partial charge in [0, 0.05) is 28.7 Å². The highest BCUT2D eigenvalue weighted by Gasteiger charge is 2.13. The number of fused-ring (bicyclic) bond motifs is 4. The van der Waals surface area contributed by atoms with Gasteiger partial charge in [-0.05, 0) is 24.6 Å². The second kappa shape index (κ2) is 2.76. The van der Waals surface area contributed by atoms with Crippen molar-refractivity contribution in [1.29, 1.82) is 0 Å². The van der Waals surface area contributed by atoms with E-state index < -0.39 is 0 Å². The van der Waals surface area contributed by atoms with E-state index >= 15 is 0 Å². The molecule has 2 aromatic rings. The third kappa shape index (κ3) is 0.902. The van der Waals surface area contributed by atoms with Crippen LogP contribution in [-0.4, -0.2) is 11.5 Å². The first-order valence-corrected chi connectivity index (χ1v) is 5.43. The molecule has 0 unspecified atom stereocenters. The summed E-state index contributed by atoms with van der Waals surface area (Å²) < 4.78 is 0. The van der Waals surface area contributed by atoms with Gasteiger partial charge in [0.2, 0.25) is 0 Å². The van der Waals surface area contributed by atoms with Crippen LogP contribution >= 0.6 is 0 Å². The molecule has 0 saturated carbocycles. The van der Waals surface area contributed by atoms with Crippen molar-refractivity contribution in [2.24, 2.45) is 9.98 Å². The quantitative estimate of drug-likeness (QED) is 0.537. The first-order chi connectivity index (χ1) is 7.93. The highest BCUT2D eigenvalue weighted by Crippen LogP contribution is 2.22. The Kier molecular flexibility index (Phi) is 1.41. The second-order valence-electron chi connectivity index (χ2n) is 4.10. The summed E-state index contributed by atoms with van der Waals surface area (Å²) in [4.78, 5) is 13.2. The number of rotatable bonds is 0. The minimum atomic E-state index is 0.899. The molecular formula is C13H9N3. The predicted octanol–water partition coefficient (Wildman–Crippen LogP) is 0.809. The average molecular weight is 207 g/mol. The molecule has 3 heteroatoms. The lowest BCUT2D eigenvalue weighted by Gasteiger charge is -1.97. The van der Waals surface area contributed by atoms with Crippen LogP contribution in [-0.2, 0) is 6.42 Å². The number of aromatic nitrogens is 1. The molecule has 2 aliphatic heterocycles. The van der Waals surface area contributed by atoms with E-state index in [0.29, 0.717) is 0 Å². The zero-order valence-electron chi connectivity index (χ0n) is 8.64. The monoisotopic (exact) mass is 207 g/mol. The standard InChI is InChI=1S/C13H9N3/c1-2-11-10(4-6-15-11)13-9(1)8-3-5-14-7-12(8)16-13/h1-3,5,7H,4,6H2. The summed E-state index contributed by atoms with van der Waals surface area (Å²) in [5.74, 6) is 0. The molecule has 1 aromatic carbocycles. The van der Waals surface area contributed by atoms with Gasteiger partial charge in [-0.15, -0.1) is 0 Å². The third-order valence-corrected chi connectivity index (χ3v) is 3.22. The van der Waals surface area contributed by atoms with Crippen molar-refractivity contribution < 1.29 is 0 Å². The van der Waals surface area contributed by atoms with Crippen LogP contribution in [0.4, 0.5) is 5.69 Å². The number of benzene rings is 1. The van der Waals surface area contributed by atoms with Gasteiger partial charge in [0.25, 0.3) is 0 Å². The molecule has 0 bridgehead atoms. The molecule has 0 N–H and O–H groups in total. The number of pyridine rings is 1. The van der Waals surface area contributed by atoms with E-state index in [0.717, 1.165) is 29.4 Å². The van der Waals surface area contributed by atoms with E-state index in [-0.39, 0.29) is 0 Å². The Morgan fingerprint density at radius 3 is 3.00 bits per heavy atom. The van der Waals surface area contributed by atoms with Crippen molar-refractivity contribution in [2.45, 2.75) is 6.42 Å². The van der Waals surface area contributed by atoms with Gasteiger partial charge in [0.15, 0.2) is 0 Å². The molecule has 4 rings (SSSR count). The maximum atomic E-state index is 4.66. The molecule has 0 fully saturated rings. The smallest absolute Gasteiger partial charge is 0.0899 e. The topological polar surface area (TPSA) is 37.6 Å². The molecule has 3 nitrogen and oxygen atoms in total. The first kappa shape index (κ1) is 8.16. The van der Waals surface area contributed by atoms with Crippen LogP contribution in [0.15, 0.2) is 40.6 Å². The summed E-state index contributed by atoms with van der Waals surface area (Å²) in [5.41, 5.74) is 2.41. The van der Waals surface area contributed by atoms with Crippen molar-refractivity contribution in [3.05, 3.63) is 57.3 Å². The van der Waals surface area contributed by atoms with Crippen molar-refractivity contribution in [3.63, 3.8) is 0 Å². The average Bonchev–Trinajstić information content (AvgIpc) is 2.92. The Morgan fingerprint density at radius 1 is 1.00 bits per heavy atom. The molecule has 0 aliphatic carbocycles. The fourth-order valence-electron chi connectivity index (χ4n) is 2.48. The van der Waals surface area contributed by atoms with E-state index in [2.05, 4.69) is 27.1 Å². The zero-order chi connectivity index (χ0) is 10.5. The van der Waals surface area contributed by atoms with Crippen molar-refractivity contribution >= 4 is 5.69 Å². The van der Waals surface area contributed by atoms with Crippen molar-refractivity contribution in [1.82, 2.24) is 4.98 Å². The maximum absolute atomic E-state index is 4.66. The Balaban J connectivity index is 2.31. The molecule has 2 aliphatic rings. The lowest BCUT2D eigenvalue weighted by molar-refractivity contribution is 1.02. The van der Waals surface area contributed by atoms with Gasteiger partial charge in [0.1, 0.15) is 0 Å². The van der Waals surface area contributed by atoms with E-state index in [9.17, 15) is 0 Å². The van der Waals surface area contributed by atoms with E-state index in [1.165, 1.54) is 16.0 Å². The molecule has 76 valence electrons. The molecule has 0 atom stereocenters. The largest absolute Gasteiger partial charge is 0.285 e. The Bertz CT molecular complexity index is 806. The summed E-state index contributed by atoms with van der Waals surface area (Å²) >= 11 is 0. The highest BCUT2D eigenvalue weighted by molar-refractivity contribution is 5.51. The molecule has 0 amide bonds. The molecule has 0 radical (unpaired) electrons. The predicted molar refractivity (Wildman–Crippen MR) is 58.9 cm³/mol. The zero-order valence-corrected chi connectivity index (χ0v) is 8.64. The van der Waals surface area contributed by atoms with Crippen molar-refractivity contribution in [2.75, 3.05) is 6.54 Å². The van der Waals surface area contributed by atoms with Crippen LogP contribution in [0.5, 0.6) is 0 Å². The Hall–Kier alpha value is -2.03.